The first-order valence-electron chi connectivity index (χ1n) is 7.70. The summed E-state index contributed by atoms with van der Waals surface area (Å²) in [6.07, 6.45) is -2.37. The van der Waals surface area contributed by atoms with E-state index in [-0.39, 0.29) is 0 Å². The van der Waals surface area contributed by atoms with Gasteiger partial charge in [-0.2, -0.15) is 18.3 Å². The number of hydrogen-bond acceptors (Lipinski definition) is 2. The van der Waals surface area contributed by atoms with Gasteiger partial charge in [-0.3, -0.25) is 4.68 Å². The number of fused-ring (bicyclic) bond motifs is 1. The Morgan fingerprint density at radius 3 is 2.71 bits per heavy atom. The van der Waals surface area contributed by atoms with Crippen LogP contribution in [-0.4, -0.2) is 20.9 Å². The number of aromatic amines is 1. The van der Waals surface area contributed by atoms with E-state index >= 15 is 0 Å². The van der Waals surface area contributed by atoms with Gasteiger partial charge in [0.2, 0.25) is 0 Å². The minimum atomic E-state index is -4.27. The Kier molecular flexibility index (Phi) is 4.36. The number of nitrogens with one attached hydrogen (secondary N) is 2. The van der Waals surface area contributed by atoms with Gasteiger partial charge < -0.3 is 10.3 Å². The zero-order valence-electron chi connectivity index (χ0n) is 13.5. The molecular formula is C17H19F3N4. The van der Waals surface area contributed by atoms with E-state index in [1.807, 2.05) is 30.5 Å². The summed E-state index contributed by atoms with van der Waals surface area (Å²) in [5.41, 5.74) is 4.19. The van der Waals surface area contributed by atoms with E-state index in [0.717, 1.165) is 26.7 Å². The molecule has 0 fully saturated rings. The van der Waals surface area contributed by atoms with Gasteiger partial charge in [-0.25, -0.2) is 0 Å². The van der Waals surface area contributed by atoms with Crippen LogP contribution in [0.3, 0.4) is 0 Å². The van der Waals surface area contributed by atoms with Crippen LogP contribution in [0.1, 0.15) is 22.5 Å². The maximum absolute atomic E-state index is 12.6. The topological polar surface area (TPSA) is 45.6 Å². The molecule has 0 saturated carbocycles. The number of alkyl halides is 3. The standard InChI is InChI=1S/C17H19F3N4/c1-11-15(12(2)24(23-11)10-17(18,19)20)9-21-8-14-5-3-4-13-6-7-22-16(13)14/h3-7,21-22H,8-10H2,1-2H3. The largest absolute Gasteiger partial charge is 0.408 e. The summed E-state index contributed by atoms with van der Waals surface area (Å²) in [4.78, 5) is 3.21. The van der Waals surface area contributed by atoms with Crippen LogP contribution in [0.25, 0.3) is 10.9 Å². The lowest BCUT2D eigenvalue weighted by atomic mass is 10.1. The predicted molar refractivity (Wildman–Crippen MR) is 86.6 cm³/mol. The van der Waals surface area contributed by atoms with Crippen molar-refractivity contribution >= 4 is 10.9 Å². The molecule has 3 aromatic rings. The summed E-state index contributed by atoms with van der Waals surface area (Å²) in [6, 6.07) is 8.06. The van der Waals surface area contributed by atoms with Gasteiger partial charge in [0.05, 0.1) is 5.69 Å². The average molecular weight is 336 g/mol. The van der Waals surface area contributed by atoms with Crippen LogP contribution in [0.4, 0.5) is 13.2 Å². The van der Waals surface area contributed by atoms with Crippen molar-refractivity contribution in [2.75, 3.05) is 0 Å². The third-order valence-corrected chi connectivity index (χ3v) is 4.15. The van der Waals surface area contributed by atoms with Crippen molar-refractivity contribution < 1.29 is 13.2 Å². The smallest absolute Gasteiger partial charge is 0.361 e. The Morgan fingerprint density at radius 2 is 1.96 bits per heavy atom. The second-order valence-electron chi connectivity index (χ2n) is 5.88. The van der Waals surface area contributed by atoms with Crippen molar-refractivity contribution in [3.05, 3.63) is 53.0 Å². The molecule has 0 amide bonds. The summed E-state index contributed by atoms with van der Waals surface area (Å²) in [5, 5.41) is 8.46. The molecular weight excluding hydrogens is 317 g/mol. The van der Waals surface area contributed by atoms with Crippen LogP contribution < -0.4 is 5.32 Å². The quantitative estimate of drug-likeness (QED) is 0.744. The highest BCUT2D eigenvalue weighted by atomic mass is 19.4. The molecule has 0 unspecified atom stereocenters. The highest BCUT2D eigenvalue weighted by Gasteiger charge is 2.30. The number of rotatable bonds is 5. The molecule has 2 N–H and O–H groups in total. The average Bonchev–Trinajstić information content (AvgIpc) is 3.06. The maximum Gasteiger partial charge on any atom is 0.408 e. The van der Waals surface area contributed by atoms with E-state index in [0.29, 0.717) is 24.5 Å². The number of hydrogen-bond donors (Lipinski definition) is 2. The number of aryl methyl sites for hydroxylation is 1. The summed E-state index contributed by atoms with van der Waals surface area (Å²) >= 11 is 0. The number of H-pyrrole nitrogens is 1. The van der Waals surface area contributed by atoms with Crippen LogP contribution in [0.5, 0.6) is 0 Å². The molecule has 3 rings (SSSR count). The van der Waals surface area contributed by atoms with Crippen molar-refractivity contribution in [1.82, 2.24) is 20.1 Å². The highest BCUT2D eigenvalue weighted by molar-refractivity contribution is 5.82. The molecule has 0 bridgehead atoms. The normalized spacial score (nSPS) is 12.2. The molecule has 0 radical (unpaired) electrons. The van der Waals surface area contributed by atoms with E-state index in [1.54, 1.807) is 13.8 Å². The fourth-order valence-corrected chi connectivity index (χ4v) is 2.93. The lowest BCUT2D eigenvalue weighted by molar-refractivity contribution is -0.142. The second kappa shape index (κ2) is 6.32. The van der Waals surface area contributed by atoms with E-state index in [1.165, 1.54) is 0 Å². The van der Waals surface area contributed by atoms with Crippen LogP contribution in [-0.2, 0) is 19.6 Å². The van der Waals surface area contributed by atoms with E-state index in [2.05, 4.69) is 15.4 Å². The second-order valence-corrected chi connectivity index (χ2v) is 5.88. The molecule has 4 nitrogen and oxygen atoms in total. The minimum absolute atomic E-state index is 0.479. The third kappa shape index (κ3) is 3.46. The summed E-state index contributed by atoms with van der Waals surface area (Å²) in [6.45, 7) is 3.46. The van der Waals surface area contributed by atoms with Gasteiger partial charge >= 0.3 is 6.18 Å². The number of para-hydroxylation sites is 1. The number of nitrogens with zero attached hydrogens (tertiary/aromatic N) is 2. The first kappa shape index (κ1) is 16.6. The zero-order valence-corrected chi connectivity index (χ0v) is 13.5. The summed E-state index contributed by atoms with van der Waals surface area (Å²) in [5.74, 6) is 0. The molecule has 0 spiro atoms. The van der Waals surface area contributed by atoms with Crippen molar-refractivity contribution in [1.29, 1.82) is 0 Å². The number of aromatic nitrogens is 3. The molecule has 7 heteroatoms. The number of benzene rings is 1. The molecule has 0 aliphatic carbocycles. The Bertz CT molecular complexity index is 845. The minimum Gasteiger partial charge on any atom is -0.361 e. The van der Waals surface area contributed by atoms with Crippen molar-refractivity contribution in [2.24, 2.45) is 0 Å². The van der Waals surface area contributed by atoms with Gasteiger partial charge in [-0.15, -0.1) is 0 Å². The number of halogens is 3. The summed E-state index contributed by atoms with van der Waals surface area (Å²) in [7, 11) is 0. The molecule has 0 saturated heterocycles. The molecule has 0 aliphatic rings. The Labute approximate surface area is 137 Å². The Balaban J connectivity index is 1.70. The molecule has 1 aromatic carbocycles. The highest BCUT2D eigenvalue weighted by Crippen LogP contribution is 2.21. The molecule has 2 aromatic heterocycles. The monoisotopic (exact) mass is 336 g/mol. The van der Waals surface area contributed by atoms with Crippen LogP contribution in [0.15, 0.2) is 30.5 Å². The van der Waals surface area contributed by atoms with Crippen molar-refractivity contribution in [2.45, 2.75) is 39.7 Å². The van der Waals surface area contributed by atoms with Crippen LogP contribution in [0.2, 0.25) is 0 Å². The van der Waals surface area contributed by atoms with Gasteiger partial charge in [0, 0.05) is 36.1 Å². The van der Waals surface area contributed by atoms with E-state index < -0.39 is 12.7 Å². The van der Waals surface area contributed by atoms with Gasteiger partial charge in [0.15, 0.2) is 0 Å². The fourth-order valence-electron chi connectivity index (χ4n) is 2.93. The lowest BCUT2D eigenvalue weighted by Gasteiger charge is -2.09. The molecule has 128 valence electrons. The molecule has 0 aliphatic heterocycles. The van der Waals surface area contributed by atoms with Gasteiger partial charge in [0.1, 0.15) is 6.54 Å². The Hall–Kier alpha value is -2.28. The van der Waals surface area contributed by atoms with Crippen molar-refractivity contribution in [3.8, 4) is 0 Å². The summed E-state index contributed by atoms with van der Waals surface area (Å²) < 4.78 is 38.7. The SMILES string of the molecule is Cc1nn(CC(F)(F)F)c(C)c1CNCc1cccc2cc[nH]c12. The van der Waals surface area contributed by atoms with Crippen LogP contribution in [0, 0.1) is 13.8 Å². The van der Waals surface area contributed by atoms with E-state index in [4.69, 9.17) is 0 Å². The Morgan fingerprint density at radius 1 is 1.17 bits per heavy atom. The fraction of sp³-hybridized carbons (Fsp3) is 0.353. The van der Waals surface area contributed by atoms with E-state index in [9.17, 15) is 13.2 Å². The first-order chi connectivity index (χ1) is 11.3. The van der Waals surface area contributed by atoms with Gasteiger partial charge in [-0.1, -0.05) is 18.2 Å². The molecule has 2 heterocycles. The zero-order chi connectivity index (χ0) is 17.3. The first-order valence-corrected chi connectivity index (χ1v) is 7.70. The van der Waals surface area contributed by atoms with Gasteiger partial charge in [0.25, 0.3) is 0 Å². The van der Waals surface area contributed by atoms with Gasteiger partial charge in [-0.05, 0) is 30.9 Å². The van der Waals surface area contributed by atoms with Crippen molar-refractivity contribution in [3.63, 3.8) is 0 Å². The predicted octanol–water partition coefficient (Wildman–Crippen LogP) is 3.83. The molecule has 0 atom stereocenters. The maximum atomic E-state index is 12.6. The molecule has 24 heavy (non-hydrogen) atoms. The third-order valence-electron chi connectivity index (χ3n) is 4.15. The lowest BCUT2D eigenvalue weighted by Crippen LogP contribution is -2.20. The van der Waals surface area contributed by atoms with Crippen LogP contribution >= 0.6 is 0 Å².